The molecule has 1 aliphatic rings. The molecule has 1 atom stereocenters. The van der Waals surface area contributed by atoms with Crippen molar-refractivity contribution in [3.05, 3.63) is 35.9 Å². The third-order valence-electron chi connectivity index (χ3n) is 2.51. The summed E-state index contributed by atoms with van der Waals surface area (Å²) in [6.07, 6.45) is 0. The van der Waals surface area contributed by atoms with Gasteiger partial charge in [-0.2, -0.15) is 0 Å². The van der Waals surface area contributed by atoms with E-state index in [1.54, 1.807) is 0 Å². The van der Waals surface area contributed by atoms with Gasteiger partial charge in [0, 0.05) is 22.9 Å². The van der Waals surface area contributed by atoms with Crippen molar-refractivity contribution in [1.29, 1.82) is 0 Å². The smallest absolute Gasteiger partial charge is 0.0466 e. The van der Waals surface area contributed by atoms with Crippen molar-refractivity contribution >= 4 is 23.5 Å². The number of thioether (sulfide) groups is 2. The second-order valence-corrected chi connectivity index (χ2v) is 5.74. The fraction of sp³-hybridized carbons (Fsp3) is 0.455. The zero-order valence-electron chi connectivity index (χ0n) is 8.35. The lowest BCUT2D eigenvalue weighted by molar-refractivity contribution is 0.294. The molecule has 2 rings (SSSR count). The molecule has 0 N–H and O–H groups in total. The minimum atomic E-state index is 0.552. The summed E-state index contributed by atoms with van der Waals surface area (Å²) in [6.45, 7) is 2.29. The van der Waals surface area contributed by atoms with Gasteiger partial charge in [-0.05, 0) is 12.5 Å². The van der Waals surface area contributed by atoms with Gasteiger partial charge in [0.1, 0.15) is 0 Å². The number of hydrogen-bond donors (Lipinski definition) is 0. The standard InChI is InChI=1S/C11H15NS2/c1-10(11-5-3-2-4-6-11)12-7-13-9-14-8-12/h2-6,10H,7-9H2,1H3/t10-/m1/s1. The predicted octanol–water partition coefficient (Wildman–Crippen LogP) is 3.40. The minimum absolute atomic E-state index is 0.552. The largest absolute Gasteiger partial charge is 0.278 e. The molecule has 0 amide bonds. The Kier molecular flexibility index (Phi) is 3.79. The molecule has 1 fully saturated rings. The van der Waals surface area contributed by atoms with E-state index in [1.165, 1.54) is 22.4 Å². The van der Waals surface area contributed by atoms with Crippen molar-refractivity contribution < 1.29 is 0 Å². The number of hydrogen-bond acceptors (Lipinski definition) is 3. The summed E-state index contributed by atoms with van der Waals surface area (Å²) in [5, 5.41) is 1.25. The summed E-state index contributed by atoms with van der Waals surface area (Å²) in [5.74, 6) is 2.34. The summed E-state index contributed by atoms with van der Waals surface area (Å²) < 4.78 is 0. The van der Waals surface area contributed by atoms with Crippen LogP contribution in [0.5, 0.6) is 0 Å². The zero-order valence-corrected chi connectivity index (χ0v) is 9.98. The summed E-state index contributed by atoms with van der Waals surface area (Å²) in [7, 11) is 0. The van der Waals surface area contributed by atoms with Gasteiger partial charge < -0.3 is 0 Å². The molecule has 0 saturated carbocycles. The van der Waals surface area contributed by atoms with Gasteiger partial charge >= 0.3 is 0 Å². The van der Waals surface area contributed by atoms with E-state index in [0.29, 0.717) is 6.04 Å². The van der Waals surface area contributed by atoms with Crippen LogP contribution < -0.4 is 0 Å². The van der Waals surface area contributed by atoms with Crippen LogP contribution in [0.2, 0.25) is 0 Å². The molecule has 0 unspecified atom stereocenters. The van der Waals surface area contributed by atoms with Gasteiger partial charge in [0.25, 0.3) is 0 Å². The highest BCUT2D eigenvalue weighted by Gasteiger charge is 2.17. The van der Waals surface area contributed by atoms with Crippen LogP contribution in [0, 0.1) is 0 Å². The van der Waals surface area contributed by atoms with E-state index in [0.717, 1.165) is 0 Å². The van der Waals surface area contributed by atoms with E-state index < -0.39 is 0 Å². The Bertz CT molecular complexity index is 270. The summed E-state index contributed by atoms with van der Waals surface area (Å²) in [4.78, 5) is 2.52. The van der Waals surface area contributed by atoms with Crippen LogP contribution in [0.25, 0.3) is 0 Å². The molecule has 1 aromatic rings. The molecule has 1 aromatic carbocycles. The highest BCUT2D eigenvalue weighted by atomic mass is 32.2. The first-order valence-corrected chi connectivity index (χ1v) is 7.13. The fourth-order valence-electron chi connectivity index (χ4n) is 1.57. The van der Waals surface area contributed by atoms with Crippen LogP contribution in [0.1, 0.15) is 18.5 Å². The van der Waals surface area contributed by atoms with Gasteiger partial charge in [-0.1, -0.05) is 30.3 Å². The molecular formula is C11H15NS2. The molecular weight excluding hydrogens is 210 g/mol. The van der Waals surface area contributed by atoms with Crippen LogP contribution in [-0.2, 0) is 0 Å². The Morgan fingerprint density at radius 2 is 1.79 bits per heavy atom. The van der Waals surface area contributed by atoms with Gasteiger partial charge in [-0.15, -0.1) is 23.5 Å². The first-order valence-electron chi connectivity index (χ1n) is 4.82. The van der Waals surface area contributed by atoms with Crippen LogP contribution in [-0.4, -0.2) is 21.7 Å². The zero-order chi connectivity index (χ0) is 9.80. The molecule has 76 valence electrons. The number of rotatable bonds is 2. The van der Waals surface area contributed by atoms with Crippen LogP contribution in [0.3, 0.4) is 0 Å². The van der Waals surface area contributed by atoms with E-state index in [1.807, 2.05) is 23.5 Å². The maximum Gasteiger partial charge on any atom is 0.0466 e. The summed E-state index contributed by atoms with van der Waals surface area (Å²) in [6, 6.07) is 11.3. The van der Waals surface area contributed by atoms with Gasteiger partial charge in [0.15, 0.2) is 0 Å². The Balaban J connectivity index is 2.03. The lowest BCUT2D eigenvalue weighted by Crippen LogP contribution is -2.28. The molecule has 1 saturated heterocycles. The van der Waals surface area contributed by atoms with Crippen LogP contribution >= 0.6 is 23.5 Å². The van der Waals surface area contributed by atoms with Crippen molar-refractivity contribution in [1.82, 2.24) is 4.90 Å². The minimum Gasteiger partial charge on any atom is -0.278 e. The highest BCUT2D eigenvalue weighted by molar-refractivity contribution is 8.16. The average Bonchev–Trinajstić information content (AvgIpc) is 2.30. The number of nitrogens with zero attached hydrogens (tertiary/aromatic N) is 1. The van der Waals surface area contributed by atoms with Gasteiger partial charge in [0.2, 0.25) is 0 Å². The molecule has 3 heteroatoms. The Labute approximate surface area is 94.3 Å². The molecule has 0 radical (unpaired) electrons. The van der Waals surface area contributed by atoms with Gasteiger partial charge in [0.05, 0.1) is 0 Å². The monoisotopic (exact) mass is 225 g/mol. The molecule has 0 spiro atoms. The Hall–Kier alpha value is -0.120. The quantitative estimate of drug-likeness (QED) is 0.759. The summed E-state index contributed by atoms with van der Waals surface area (Å²) >= 11 is 4.03. The van der Waals surface area contributed by atoms with E-state index in [9.17, 15) is 0 Å². The average molecular weight is 225 g/mol. The normalized spacial score (nSPS) is 20.6. The topological polar surface area (TPSA) is 3.24 Å². The second kappa shape index (κ2) is 5.10. The Morgan fingerprint density at radius 3 is 2.43 bits per heavy atom. The maximum atomic E-state index is 2.52. The highest BCUT2D eigenvalue weighted by Crippen LogP contribution is 2.29. The third kappa shape index (κ3) is 2.47. The molecule has 14 heavy (non-hydrogen) atoms. The third-order valence-corrected chi connectivity index (χ3v) is 4.87. The molecule has 1 nitrogen and oxygen atoms in total. The first kappa shape index (κ1) is 10.4. The fourth-order valence-corrected chi connectivity index (χ4v) is 3.85. The molecule has 0 aliphatic carbocycles. The lowest BCUT2D eigenvalue weighted by Gasteiger charge is -2.31. The van der Waals surface area contributed by atoms with Crippen LogP contribution in [0.15, 0.2) is 30.3 Å². The van der Waals surface area contributed by atoms with Gasteiger partial charge in [-0.3, -0.25) is 4.90 Å². The predicted molar refractivity (Wildman–Crippen MR) is 66.5 cm³/mol. The van der Waals surface area contributed by atoms with E-state index in [4.69, 9.17) is 0 Å². The molecule has 1 aliphatic heterocycles. The maximum absolute atomic E-state index is 2.52. The molecule has 0 aromatic heterocycles. The van der Waals surface area contributed by atoms with Crippen molar-refractivity contribution in [2.75, 3.05) is 16.8 Å². The van der Waals surface area contributed by atoms with Crippen molar-refractivity contribution in [2.45, 2.75) is 13.0 Å². The van der Waals surface area contributed by atoms with E-state index in [-0.39, 0.29) is 0 Å². The van der Waals surface area contributed by atoms with Crippen molar-refractivity contribution in [3.8, 4) is 0 Å². The SMILES string of the molecule is C[C@H](c1ccccc1)N1CSCSC1. The Morgan fingerprint density at radius 1 is 1.14 bits per heavy atom. The van der Waals surface area contributed by atoms with Crippen molar-refractivity contribution in [3.63, 3.8) is 0 Å². The first-order chi connectivity index (χ1) is 6.88. The second-order valence-electron chi connectivity index (χ2n) is 3.46. The van der Waals surface area contributed by atoms with Crippen LogP contribution in [0.4, 0.5) is 0 Å². The van der Waals surface area contributed by atoms with Gasteiger partial charge in [-0.25, -0.2) is 0 Å². The van der Waals surface area contributed by atoms with Crippen molar-refractivity contribution in [2.24, 2.45) is 0 Å². The van der Waals surface area contributed by atoms with E-state index in [2.05, 4.69) is 42.2 Å². The lowest BCUT2D eigenvalue weighted by atomic mass is 10.1. The molecule has 0 bridgehead atoms. The summed E-state index contributed by atoms with van der Waals surface area (Å²) in [5.41, 5.74) is 1.43. The van der Waals surface area contributed by atoms with E-state index >= 15 is 0 Å². The number of benzene rings is 1. The molecule has 1 heterocycles.